The van der Waals surface area contributed by atoms with Gasteiger partial charge in [0.15, 0.2) is 11.6 Å². The Kier molecular flexibility index (Phi) is 7.21. The molecular formula is C21H19FN4O5S. The first kappa shape index (κ1) is 22.9. The molecule has 3 aromatic rings. The molecule has 1 amide bonds. The first-order chi connectivity index (χ1) is 15.4. The van der Waals surface area contributed by atoms with Crippen LogP contribution < -0.4 is 4.74 Å². The highest BCUT2D eigenvalue weighted by atomic mass is 32.2. The summed E-state index contributed by atoms with van der Waals surface area (Å²) in [6.07, 6.45) is 0.772. The van der Waals surface area contributed by atoms with Crippen molar-refractivity contribution in [2.24, 2.45) is 9.98 Å². The van der Waals surface area contributed by atoms with Gasteiger partial charge in [0.25, 0.3) is 0 Å². The largest absolute Gasteiger partial charge is 0.505 e. The minimum Gasteiger partial charge on any atom is -0.505 e. The summed E-state index contributed by atoms with van der Waals surface area (Å²) in [5.41, 5.74) is 1.03. The summed E-state index contributed by atoms with van der Waals surface area (Å²) in [7, 11) is 2.56. The van der Waals surface area contributed by atoms with Gasteiger partial charge < -0.3 is 19.1 Å². The van der Waals surface area contributed by atoms with E-state index in [2.05, 4.69) is 24.9 Å². The van der Waals surface area contributed by atoms with Crippen molar-refractivity contribution < 1.29 is 28.3 Å². The molecule has 0 aliphatic heterocycles. The molecule has 2 aromatic carbocycles. The lowest BCUT2D eigenvalue weighted by atomic mass is 10.1. The second kappa shape index (κ2) is 10.1. The molecule has 0 aliphatic carbocycles. The van der Waals surface area contributed by atoms with E-state index in [1.165, 1.54) is 20.3 Å². The van der Waals surface area contributed by atoms with Crippen LogP contribution in [0.15, 0.2) is 50.9 Å². The fraction of sp³-hybridized carbons (Fsp3) is 0.190. The number of aliphatic imine (C=N–C) groups is 2. The number of aromatic hydroxyl groups is 1. The first-order valence-electron chi connectivity index (χ1n) is 9.13. The second-order valence-corrected chi connectivity index (χ2v) is 7.04. The monoisotopic (exact) mass is 458 g/mol. The molecule has 0 bridgehead atoms. The van der Waals surface area contributed by atoms with Crippen LogP contribution in [0.3, 0.4) is 0 Å². The molecule has 1 N–H and O–H groups in total. The number of benzene rings is 2. The van der Waals surface area contributed by atoms with E-state index in [-0.39, 0.29) is 22.1 Å². The minimum absolute atomic E-state index is 0.0118. The van der Waals surface area contributed by atoms with Gasteiger partial charge in [-0.05, 0) is 36.6 Å². The number of hydrogen-bond acceptors (Lipinski definition) is 9. The zero-order chi connectivity index (χ0) is 23.3. The van der Waals surface area contributed by atoms with Gasteiger partial charge in [0.05, 0.1) is 19.9 Å². The summed E-state index contributed by atoms with van der Waals surface area (Å²) >= 11 is 1.06. The van der Waals surface area contributed by atoms with E-state index < -0.39 is 17.7 Å². The number of hydrogen-bond donors (Lipinski definition) is 1. The van der Waals surface area contributed by atoms with Crippen molar-refractivity contribution in [2.75, 3.05) is 20.5 Å². The number of carbonyl (C=O) groups is 1. The maximum atomic E-state index is 14.9. The molecule has 0 saturated heterocycles. The van der Waals surface area contributed by atoms with Crippen LogP contribution in [0.2, 0.25) is 0 Å². The van der Waals surface area contributed by atoms with E-state index >= 15 is 0 Å². The van der Waals surface area contributed by atoms with Gasteiger partial charge in [0, 0.05) is 24.1 Å². The molecule has 0 radical (unpaired) electrons. The third-order valence-electron chi connectivity index (χ3n) is 4.18. The SMILES string of the molecule is COC(=O)/N=C(SC)/C(=N\c1ccc(-c2noc(C)n2)cc1)c1cc(OC)cc(O)c1F. The average Bonchev–Trinajstić information content (AvgIpc) is 3.24. The van der Waals surface area contributed by atoms with Crippen molar-refractivity contribution in [3.8, 4) is 22.9 Å². The summed E-state index contributed by atoms with van der Waals surface area (Å²) in [5.74, 6) is -0.517. The number of thioether (sulfide) groups is 1. The van der Waals surface area contributed by atoms with Crippen molar-refractivity contribution >= 4 is 34.3 Å². The van der Waals surface area contributed by atoms with Crippen LogP contribution in [0.4, 0.5) is 14.9 Å². The molecule has 0 spiro atoms. The Morgan fingerprint density at radius 3 is 2.50 bits per heavy atom. The number of carbonyl (C=O) groups excluding carboxylic acids is 1. The number of phenolic OH excluding ortho intramolecular Hbond substituents is 1. The lowest BCUT2D eigenvalue weighted by Crippen LogP contribution is -2.16. The zero-order valence-electron chi connectivity index (χ0n) is 17.6. The third kappa shape index (κ3) is 5.11. The van der Waals surface area contributed by atoms with Crippen LogP contribution in [0.1, 0.15) is 11.5 Å². The maximum Gasteiger partial charge on any atom is 0.434 e. The Balaban J connectivity index is 2.14. The molecular weight excluding hydrogens is 439 g/mol. The number of rotatable bonds is 5. The van der Waals surface area contributed by atoms with Crippen LogP contribution in [0.5, 0.6) is 11.5 Å². The number of aryl methyl sites for hydroxylation is 1. The lowest BCUT2D eigenvalue weighted by molar-refractivity contribution is 0.183. The number of phenols is 1. The molecule has 1 heterocycles. The summed E-state index contributed by atoms with van der Waals surface area (Å²) in [6.45, 7) is 1.68. The minimum atomic E-state index is -0.935. The van der Waals surface area contributed by atoms with Crippen molar-refractivity contribution in [1.82, 2.24) is 10.1 Å². The van der Waals surface area contributed by atoms with Crippen LogP contribution >= 0.6 is 11.8 Å². The second-order valence-electron chi connectivity index (χ2n) is 6.24. The quantitative estimate of drug-likeness (QED) is 0.437. The van der Waals surface area contributed by atoms with E-state index in [1.807, 2.05) is 0 Å². The molecule has 11 heteroatoms. The van der Waals surface area contributed by atoms with E-state index in [0.29, 0.717) is 23.0 Å². The van der Waals surface area contributed by atoms with Gasteiger partial charge >= 0.3 is 6.09 Å². The van der Waals surface area contributed by atoms with Crippen molar-refractivity contribution in [2.45, 2.75) is 6.92 Å². The molecule has 3 rings (SSSR count). The van der Waals surface area contributed by atoms with Crippen LogP contribution in [0.25, 0.3) is 11.4 Å². The van der Waals surface area contributed by atoms with E-state index in [9.17, 15) is 14.3 Å². The van der Waals surface area contributed by atoms with E-state index in [0.717, 1.165) is 17.8 Å². The standard InChI is InChI=1S/C21H19FN4O5S/c1-11-23-19(26-31-11)12-5-7-13(8-6-12)24-18(20(32-4)25-21(28)30-3)15-9-14(29-2)10-16(27)17(15)22/h5-10,27H,1-4H3/b24-18-,25-20-. The highest BCUT2D eigenvalue weighted by Gasteiger charge is 2.21. The van der Waals surface area contributed by atoms with Gasteiger partial charge in [-0.3, -0.25) is 0 Å². The van der Waals surface area contributed by atoms with Gasteiger partial charge in [-0.25, -0.2) is 14.2 Å². The van der Waals surface area contributed by atoms with Crippen LogP contribution in [0, 0.1) is 12.7 Å². The van der Waals surface area contributed by atoms with Crippen molar-refractivity contribution in [3.05, 3.63) is 53.7 Å². The topological polar surface area (TPSA) is 119 Å². The normalized spacial score (nSPS) is 12.0. The molecule has 9 nitrogen and oxygen atoms in total. The number of ether oxygens (including phenoxy) is 2. The summed E-state index contributed by atoms with van der Waals surface area (Å²) in [4.78, 5) is 24.3. The Bertz CT molecular complexity index is 1190. The maximum absolute atomic E-state index is 14.9. The summed E-state index contributed by atoms with van der Waals surface area (Å²) in [6, 6.07) is 9.25. The molecule has 1 aromatic heterocycles. The Labute approximate surface area is 187 Å². The first-order valence-corrected chi connectivity index (χ1v) is 10.4. The number of aromatic nitrogens is 2. The molecule has 0 saturated carbocycles. The van der Waals surface area contributed by atoms with Crippen LogP contribution in [-0.2, 0) is 4.74 Å². The molecule has 32 heavy (non-hydrogen) atoms. The predicted molar refractivity (Wildman–Crippen MR) is 119 cm³/mol. The Morgan fingerprint density at radius 1 is 1.22 bits per heavy atom. The lowest BCUT2D eigenvalue weighted by Gasteiger charge is -2.12. The number of nitrogens with zero attached hydrogens (tertiary/aromatic N) is 4. The summed E-state index contributed by atoms with van der Waals surface area (Å²) < 4.78 is 29.6. The highest BCUT2D eigenvalue weighted by molar-refractivity contribution is 8.15. The molecule has 0 atom stereocenters. The average molecular weight is 458 g/mol. The van der Waals surface area contributed by atoms with E-state index in [4.69, 9.17) is 9.26 Å². The third-order valence-corrected chi connectivity index (χ3v) is 4.85. The number of methoxy groups -OCH3 is 2. The van der Waals surface area contributed by atoms with Gasteiger partial charge in [-0.15, -0.1) is 11.8 Å². The van der Waals surface area contributed by atoms with Gasteiger partial charge in [-0.2, -0.15) is 9.98 Å². The van der Waals surface area contributed by atoms with Crippen molar-refractivity contribution in [1.29, 1.82) is 0 Å². The van der Waals surface area contributed by atoms with Crippen molar-refractivity contribution in [3.63, 3.8) is 0 Å². The highest BCUT2D eigenvalue weighted by Crippen LogP contribution is 2.30. The van der Waals surface area contributed by atoms with E-state index in [1.54, 1.807) is 37.4 Å². The molecule has 0 fully saturated rings. The van der Waals surface area contributed by atoms with Gasteiger partial charge in [0.2, 0.25) is 11.7 Å². The van der Waals surface area contributed by atoms with Gasteiger partial charge in [-0.1, -0.05) is 5.16 Å². The smallest absolute Gasteiger partial charge is 0.434 e. The Hall–Kier alpha value is -3.73. The molecule has 0 unspecified atom stereocenters. The summed E-state index contributed by atoms with van der Waals surface area (Å²) in [5, 5.41) is 13.9. The van der Waals surface area contributed by atoms with Crippen LogP contribution in [-0.4, -0.2) is 52.6 Å². The predicted octanol–water partition coefficient (Wildman–Crippen LogP) is 4.55. The molecule has 0 aliphatic rings. The fourth-order valence-corrected chi connectivity index (χ4v) is 3.17. The number of halogens is 1. The fourth-order valence-electron chi connectivity index (χ4n) is 2.65. The van der Waals surface area contributed by atoms with Gasteiger partial charge in [0.1, 0.15) is 16.5 Å². The molecule has 166 valence electrons. The number of amides is 1. The Morgan fingerprint density at radius 2 is 1.94 bits per heavy atom. The zero-order valence-corrected chi connectivity index (χ0v) is 18.4.